The molecule has 106 valence electrons. The van der Waals surface area contributed by atoms with Gasteiger partial charge in [0.2, 0.25) is 0 Å². The van der Waals surface area contributed by atoms with E-state index in [9.17, 15) is 5.11 Å². The van der Waals surface area contributed by atoms with Crippen molar-refractivity contribution >= 4 is 0 Å². The maximum Gasteiger partial charge on any atom is 0.116 e. The maximum atomic E-state index is 9.50. The molecule has 0 unspecified atom stereocenters. The average molecular weight is 279 g/mol. The molecular weight excluding hydrogens is 262 g/mol. The Hall–Kier alpha value is -2.46. The number of hydrogen-bond acceptors (Lipinski definition) is 3. The fourth-order valence-corrected chi connectivity index (χ4v) is 2.43. The van der Waals surface area contributed by atoms with Crippen LogP contribution in [0.2, 0.25) is 0 Å². The molecule has 0 saturated heterocycles. The summed E-state index contributed by atoms with van der Waals surface area (Å²) < 4.78 is 1.85. The second kappa shape index (κ2) is 5.89. The van der Waals surface area contributed by atoms with Gasteiger partial charge < -0.3 is 5.11 Å². The third-order valence-electron chi connectivity index (χ3n) is 3.58. The van der Waals surface area contributed by atoms with Crippen LogP contribution >= 0.6 is 0 Å². The fraction of sp³-hybridized carbons (Fsp3) is 0.176. The van der Waals surface area contributed by atoms with Gasteiger partial charge in [-0.1, -0.05) is 59.8 Å². The van der Waals surface area contributed by atoms with Crippen molar-refractivity contribution in [3.63, 3.8) is 0 Å². The lowest BCUT2D eigenvalue weighted by Gasteiger charge is -2.09. The smallest absolute Gasteiger partial charge is 0.116 e. The highest BCUT2D eigenvalue weighted by atomic mass is 16.3. The van der Waals surface area contributed by atoms with E-state index in [0.29, 0.717) is 12.2 Å². The first kappa shape index (κ1) is 13.5. The minimum absolute atomic E-state index is 0.113. The number of aromatic nitrogens is 3. The van der Waals surface area contributed by atoms with Crippen LogP contribution in [0.3, 0.4) is 0 Å². The Morgan fingerprint density at radius 1 is 1.00 bits per heavy atom. The first-order valence-electron chi connectivity index (χ1n) is 6.92. The van der Waals surface area contributed by atoms with Gasteiger partial charge in [-0.25, -0.2) is 4.68 Å². The summed E-state index contributed by atoms with van der Waals surface area (Å²) in [5, 5.41) is 17.8. The molecule has 0 radical (unpaired) electrons. The van der Waals surface area contributed by atoms with Crippen LogP contribution in [0, 0.1) is 6.92 Å². The van der Waals surface area contributed by atoms with E-state index in [1.165, 1.54) is 11.1 Å². The van der Waals surface area contributed by atoms with E-state index < -0.39 is 0 Å². The van der Waals surface area contributed by atoms with Crippen LogP contribution in [-0.4, -0.2) is 20.1 Å². The standard InChI is InChI=1S/C17H17N3O/c1-13-7-5-6-10-15(13)11-20-17(16(12-21)18-19-20)14-8-3-2-4-9-14/h2-10,21H,11-12H2,1H3. The first-order valence-corrected chi connectivity index (χ1v) is 6.92. The first-order chi connectivity index (χ1) is 10.3. The van der Waals surface area contributed by atoms with Gasteiger partial charge in [-0.2, -0.15) is 0 Å². The van der Waals surface area contributed by atoms with Crippen molar-refractivity contribution in [3.05, 3.63) is 71.4 Å². The highest BCUT2D eigenvalue weighted by molar-refractivity contribution is 5.61. The number of benzene rings is 2. The summed E-state index contributed by atoms with van der Waals surface area (Å²) >= 11 is 0. The summed E-state index contributed by atoms with van der Waals surface area (Å²) in [6.45, 7) is 2.61. The molecule has 0 aliphatic rings. The monoisotopic (exact) mass is 279 g/mol. The summed E-state index contributed by atoms with van der Waals surface area (Å²) in [6, 6.07) is 18.1. The normalized spacial score (nSPS) is 10.8. The molecule has 0 spiro atoms. The molecule has 0 bridgehead atoms. The summed E-state index contributed by atoms with van der Waals surface area (Å²) in [5.41, 5.74) is 4.91. The summed E-state index contributed by atoms with van der Waals surface area (Å²) in [5.74, 6) is 0. The van der Waals surface area contributed by atoms with Crippen LogP contribution in [0.4, 0.5) is 0 Å². The summed E-state index contributed by atoms with van der Waals surface area (Å²) in [6.07, 6.45) is 0. The number of nitrogens with zero attached hydrogens (tertiary/aromatic N) is 3. The minimum atomic E-state index is -0.113. The molecule has 1 N–H and O–H groups in total. The molecule has 0 aliphatic carbocycles. The largest absolute Gasteiger partial charge is 0.390 e. The zero-order valence-corrected chi connectivity index (χ0v) is 11.9. The molecular formula is C17H17N3O. The van der Waals surface area contributed by atoms with Gasteiger partial charge in [0.1, 0.15) is 5.69 Å². The molecule has 21 heavy (non-hydrogen) atoms. The number of aryl methyl sites for hydroxylation is 1. The number of aliphatic hydroxyl groups is 1. The molecule has 3 rings (SSSR count). The van der Waals surface area contributed by atoms with E-state index in [2.05, 4.69) is 29.4 Å². The van der Waals surface area contributed by atoms with Crippen molar-refractivity contribution in [2.75, 3.05) is 0 Å². The quantitative estimate of drug-likeness (QED) is 0.799. The molecule has 0 saturated carbocycles. The number of aliphatic hydroxyl groups excluding tert-OH is 1. The lowest BCUT2D eigenvalue weighted by Crippen LogP contribution is -2.06. The van der Waals surface area contributed by atoms with E-state index in [1.54, 1.807) is 0 Å². The van der Waals surface area contributed by atoms with Gasteiger partial charge in [-0.05, 0) is 18.1 Å². The van der Waals surface area contributed by atoms with Crippen LogP contribution in [0.15, 0.2) is 54.6 Å². The van der Waals surface area contributed by atoms with Crippen molar-refractivity contribution in [2.24, 2.45) is 0 Å². The van der Waals surface area contributed by atoms with Crippen molar-refractivity contribution in [2.45, 2.75) is 20.1 Å². The molecule has 0 atom stereocenters. The van der Waals surface area contributed by atoms with Crippen molar-refractivity contribution in [1.82, 2.24) is 15.0 Å². The Morgan fingerprint density at radius 2 is 1.71 bits per heavy atom. The van der Waals surface area contributed by atoms with Crippen molar-refractivity contribution in [3.8, 4) is 11.3 Å². The molecule has 0 fully saturated rings. The Bertz CT molecular complexity index is 735. The van der Waals surface area contributed by atoms with Gasteiger partial charge in [-0.15, -0.1) is 5.10 Å². The van der Waals surface area contributed by atoms with Gasteiger partial charge >= 0.3 is 0 Å². The average Bonchev–Trinajstić information content (AvgIpc) is 2.93. The van der Waals surface area contributed by atoms with Crippen LogP contribution in [0.5, 0.6) is 0 Å². The SMILES string of the molecule is Cc1ccccc1Cn1nnc(CO)c1-c1ccccc1. The molecule has 4 nitrogen and oxygen atoms in total. The third kappa shape index (κ3) is 2.71. The van der Waals surface area contributed by atoms with Gasteiger partial charge in [0.25, 0.3) is 0 Å². The van der Waals surface area contributed by atoms with Gasteiger partial charge in [0.15, 0.2) is 0 Å². The topological polar surface area (TPSA) is 50.9 Å². The molecule has 1 heterocycles. The van der Waals surface area contributed by atoms with Crippen LogP contribution in [-0.2, 0) is 13.2 Å². The fourth-order valence-electron chi connectivity index (χ4n) is 2.43. The number of hydrogen-bond donors (Lipinski definition) is 1. The Labute approximate surface area is 123 Å². The van der Waals surface area contributed by atoms with Crippen LogP contribution < -0.4 is 0 Å². The highest BCUT2D eigenvalue weighted by Gasteiger charge is 2.14. The molecule has 0 aliphatic heterocycles. The zero-order valence-electron chi connectivity index (χ0n) is 11.9. The molecule has 4 heteroatoms. The van der Waals surface area contributed by atoms with Crippen LogP contribution in [0.1, 0.15) is 16.8 Å². The van der Waals surface area contributed by atoms with Crippen molar-refractivity contribution in [1.29, 1.82) is 0 Å². The van der Waals surface area contributed by atoms with E-state index in [4.69, 9.17) is 0 Å². The molecule has 2 aromatic carbocycles. The highest BCUT2D eigenvalue weighted by Crippen LogP contribution is 2.23. The van der Waals surface area contributed by atoms with E-state index >= 15 is 0 Å². The summed E-state index contributed by atoms with van der Waals surface area (Å²) in [7, 11) is 0. The maximum absolute atomic E-state index is 9.50. The summed E-state index contributed by atoms with van der Waals surface area (Å²) in [4.78, 5) is 0. The van der Waals surface area contributed by atoms with Gasteiger partial charge in [0, 0.05) is 5.56 Å². The van der Waals surface area contributed by atoms with Gasteiger partial charge in [0.05, 0.1) is 18.8 Å². The second-order valence-electron chi connectivity index (χ2n) is 4.99. The lowest BCUT2D eigenvalue weighted by atomic mass is 10.1. The zero-order chi connectivity index (χ0) is 14.7. The molecule has 1 aromatic heterocycles. The Morgan fingerprint density at radius 3 is 2.43 bits per heavy atom. The number of rotatable bonds is 4. The molecule has 0 amide bonds. The Kier molecular flexibility index (Phi) is 3.79. The minimum Gasteiger partial charge on any atom is -0.390 e. The predicted octanol–water partition coefficient (Wildman–Crippen LogP) is 2.79. The Balaban J connectivity index is 2.04. The molecule has 3 aromatic rings. The van der Waals surface area contributed by atoms with Crippen molar-refractivity contribution < 1.29 is 5.11 Å². The second-order valence-corrected chi connectivity index (χ2v) is 4.99. The van der Waals surface area contributed by atoms with E-state index in [0.717, 1.165) is 11.3 Å². The lowest BCUT2D eigenvalue weighted by molar-refractivity contribution is 0.277. The van der Waals surface area contributed by atoms with E-state index in [-0.39, 0.29) is 6.61 Å². The van der Waals surface area contributed by atoms with E-state index in [1.807, 2.05) is 47.1 Å². The van der Waals surface area contributed by atoms with Crippen LogP contribution in [0.25, 0.3) is 11.3 Å². The predicted molar refractivity (Wildman–Crippen MR) is 81.7 cm³/mol. The third-order valence-corrected chi connectivity index (χ3v) is 3.58. The van der Waals surface area contributed by atoms with Gasteiger partial charge in [-0.3, -0.25) is 0 Å².